The van der Waals surface area contributed by atoms with Crippen LogP contribution in [-0.2, 0) is 76.6 Å². The van der Waals surface area contributed by atoms with Crippen LogP contribution in [0.2, 0.25) is 0 Å². The van der Waals surface area contributed by atoms with E-state index in [9.17, 15) is 14.4 Å². The van der Waals surface area contributed by atoms with E-state index in [1.54, 1.807) is 30.3 Å². The molecule has 0 atom stereocenters. The number of benzene rings is 15. The number of hydrogen-bond acceptors (Lipinski definition) is 9. The minimum absolute atomic E-state index is 0. The minimum atomic E-state index is -1.01. The quantitative estimate of drug-likeness (QED) is 0.110. The summed E-state index contributed by atoms with van der Waals surface area (Å²) in [5.74, 6) is -2.99. The van der Waals surface area contributed by atoms with Crippen molar-refractivity contribution in [3.8, 4) is 112 Å². The molecule has 0 saturated heterocycles. The van der Waals surface area contributed by atoms with E-state index in [0.717, 1.165) is 100.0 Å². The van der Waals surface area contributed by atoms with Crippen LogP contribution in [0, 0.1) is 94.4 Å². The molecule has 15 aromatic carbocycles. The van der Waals surface area contributed by atoms with Gasteiger partial charge in [0.25, 0.3) is 0 Å². The van der Waals surface area contributed by atoms with Gasteiger partial charge >= 0.3 is 17.9 Å². The van der Waals surface area contributed by atoms with Crippen molar-refractivity contribution >= 4 is 72.4 Å². The average Bonchev–Trinajstić information content (AvgIpc) is 1.57. The Hall–Kier alpha value is -15.1. The molecule has 0 unspecified atom stereocenters. The van der Waals surface area contributed by atoms with Crippen LogP contribution in [-0.4, -0.2) is 63.1 Å². The molecule has 0 amide bonds. The summed E-state index contributed by atoms with van der Waals surface area (Å²) < 4.78 is 0. The maximum atomic E-state index is 10.8. The molecule has 0 bridgehead atoms. The number of para-hydroxylation sites is 1. The summed E-state index contributed by atoms with van der Waals surface area (Å²) in [7, 11) is 0. The molecular formula is C133H111Ir3N6O6-3. The van der Waals surface area contributed by atoms with Crippen LogP contribution in [0.1, 0.15) is 168 Å². The maximum Gasteiger partial charge on any atom is 0.354 e. The maximum absolute atomic E-state index is 10.8. The number of fused-ring (bicyclic) bond motifs is 14. The third-order valence-electron chi connectivity index (χ3n) is 28.0. The van der Waals surface area contributed by atoms with E-state index in [1.165, 1.54) is 174 Å². The van der Waals surface area contributed by atoms with Gasteiger partial charge in [0.05, 0.1) is 27.6 Å². The van der Waals surface area contributed by atoms with Crippen LogP contribution >= 0.6 is 0 Å². The van der Waals surface area contributed by atoms with Gasteiger partial charge < -0.3 is 15.3 Å². The van der Waals surface area contributed by atoms with E-state index in [4.69, 9.17) is 30.3 Å². The summed E-state index contributed by atoms with van der Waals surface area (Å²) >= 11 is 0. The molecule has 12 nitrogen and oxygen atoms in total. The van der Waals surface area contributed by atoms with Crippen LogP contribution in [0.5, 0.6) is 0 Å². The summed E-state index contributed by atoms with van der Waals surface area (Å²) in [5.41, 5.74) is 49.4. The fraction of sp³-hybridized carbons (Fsp3) is 0.150. The zero-order chi connectivity index (χ0) is 102. The SMILES string of the molecule is Cc1[c-]c(-c2cc(-c3cccc(C)c3)c3cc4c(cc3n2)C(C)(C)c2ccccc2-4)cc(C)c1.Cc1[c-]c(-c2cc(-c3cccc(C)c3)c3cc4c(cc3n2)C(C)(C)c2ccccc2-4)cc(C)c1.Cc1[c-]c(-c2cc(-c3cccc(C)c3)c3cc4c(cc3n2)C(C)(C)c2ccccc2-4)cc(C)c1.Cc1ccc(-c2ccnc(C(=O)O)c2)cc1.Cc1ccc2nc(C(=O)O)ccc2c1.O=C(O)c1ccc2ccccc2n1.[Ir].[Ir].[Ir]. The van der Waals surface area contributed by atoms with E-state index < -0.39 is 17.9 Å². The monoisotopic (exact) mass is 2470 g/mol. The molecule has 0 spiro atoms. The normalized spacial score (nSPS) is 12.4. The Kier molecular flexibility index (Phi) is 31.0. The molecule has 0 aliphatic heterocycles. The summed E-state index contributed by atoms with van der Waals surface area (Å²) in [6, 6.07) is 128. The van der Waals surface area contributed by atoms with Crippen molar-refractivity contribution in [1.82, 2.24) is 29.9 Å². The molecule has 739 valence electrons. The van der Waals surface area contributed by atoms with Crippen molar-refractivity contribution < 1.29 is 90.0 Å². The van der Waals surface area contributed by atoms with Crippen molar-refractivity contribution in [2.45, 2.75) is 134 Å². The zero-order valence-corrected chi connectivity index (χ0v) is 92.8. The number of nitrogens with zero attached hydrogens (tertiary/aromatic N) is 6. The standard InChI is InChI=1S/3C33H28N.C13H11NO2.C11H9NO2.C10H7NO2.3Ir/c3*1-20-9-8-10-23(14-20)26-18-31(24-15-21(2)13-22(3)16-24)34-32-19-30-27(17-28(26)32)25-11-6-7-12-29(25)33(30,4)5;1-9-2-4-10(5-3-9)11-6-7-14-12(8-11)13(15)16;1-7-2-4-9-8(6-7)3-5-10(12-9)11(13)14;12-10(13)9-6-5-7-3-1-2-4-8(7)11-9;;;/h3*6-15,17-19H,1-5H3;2-8H,1H3,(H,15,16);2-6H,1H3,(H,13,14);1-6H,(H,12,13);;;/q3*-1;;;;;;. The van der Waals surface area contributed by atoms with Gasteiger partial charge in [0.15, 0.2) is 0 Å². The van der Waals surface area contributed by atoms with Crippen molar-refractivity contribution in [3.05, 3.63) is 476 Å². The molecule has 21 aromatic rings. The molecule has 3 aliphatic rings. The number of carbonyl (C=O) groups is 3. The number of pyridine rings is 6. The largest absolute Gasteiger partial charge is 0.477 e. The van der Waals surface area contributed by atoms with Crippen molar-refractivity contribution in [2.75, 3.05) is 0 Å². The molecule has 3 N–H and O–H groups in total. The second kappa shape index (κ2) is 43.5. The van der Waals surface area contributed by atoms with Crippen LogP contribution in [0.3, 0.4) is 0 Å². The van der Waals surface area contributed by atoms with Gasteiger partial charge in [-0.3, -0.25) is 15.0 Å². The first kappa shape index (κ1) is 106. The van der Waals surface area contributed by atoms with Gasteiger partial charge in [-0.1, -0.05) is 335 Å². The fourth-order valence-corrected chi connectivity index (χ4v) is 21.0. The van der Waals surface area contributed by atoms with Crippen molar-refractivity contribution in [1.29, 1.82) is 0 Å². The number of rotatable bonds is 10. The molecule has 15 heteroatoms. The Bertz CT molecular complexity index is 8170. The van der Waals surface area contributed by atoms with Crippen LogP contribution in [0.25, 0.3) is 166 Å². The van der Waals surface area contributed by atoms with Crippen molar-refractivity contribution in [3.63, 3.8) is 0 Å². The fourth-order valence-electron chi connectivity index (χ4n) is 21.0. The number of carboxylic acid groups (broad SMARTS) is 3. The van der Waals surface area contributed by atoms with E-state index in [0.29, 0.717) is 5.52 Å². The van der Waals surface area contributed by atoms with Gasteiger partial charge in [-0.05, 0) is 242 Å². The molecule has 148 heavy (non-hydrogen) atoms. The van der Waals surface area contributed by atoms with Crippen LogP contribution in [0.4, 0.5) is 0 Å². The molecule has 0 saturated carbocycles. The predicted octanol–water partition coefficient (Wildman–Crippen LogP) is 32.7. The summed E-state index contributed by atoms with van der Waals surface area (Å²) in [6.45, 7) is 37.1. The van der Waals surface area contributed by atoms with Gasteiger partial charge in [-0.15, -0.1) is 105 Å². The Morgan fingerprint density at radius 2 is 0.568 bits per heavy atom. The summed E-state index contributed by atoms with van der Waals surface area (Å²) in [5, 5.41) is 31.8. The van der Waals surface area contributed by atoms with Gasteiger partial charge in [-0.25, -0.2) is 29.3 Å². The topological polar surface area (TPSA) is 189 Å². The van der Waals surface area contributed by atoms with Gasteiger partial charge in [0.1, 0.15) is 17.1 Å². The number of carboxylic acids is 3. The molecule has 24 rings (SSSR count). The second-order valence-electron chi connectivity index (χ2n) is 40.3. The Labute approximate surface area is 906 Å². The van der Waals surface area contributed by atoms with E-state index in [-0.39, 0.29) is 93.6 Å². The first-order valence-corrected chi connectivity index (χ1v) is 49.0. The van der Waals surface area contributed by atoms with Gasteiger partial charge in [0.2, 0.25) is 0 Å². The minimum Gasteiger partial charge on any atom is -0.477 e. The molecule has 6 heterocycles. The smallest absolute Gasteiger partial charge is 0.354 e. The van der Waals surface area contributed by atoms with Gasteiger partial charge in [-0.2, -0.15) is 0 Å². The molecule has 0 fully saturated rings. The molecular weight excluding hydrogens is 2350 g/mol. The molecule has 6 aromatic heterocycles. The Balaban J connectivity index is 0.000000131. The van der Waals surface area contributed by atoms with Crippen LogP contribution < -0.4 is 0 Å². The Morgan fingerprint density at radius 1 is 0.230 bits per heavy atom. The van der Waals surface area contributed by atoms with E-state index in [2.05, 4.69) is 374 Å². The van der Waals surface area contributed by atoms with E-state index in [1.807, 2.05) is 74.5 Å². The first-order chi connectivity index (χ1) is 69.5. The van der Waals surface area contributed by atoms with Gasteiger partial charge in [0, 0.05) is 110 Å². The first-order valence-electron chi connectivity index (χ1n) is 49.0. The summed E-state index contributed by atoms with van der Waals surface area (Å²) in [4.78, 5) is 59.4. The summed E-state index contributed by atoms with van der Waals surface area (Å²) in [6.07, 6.45) is 1.51. The molecule has 3 radical (unpaired) electrons. The second-order valence-corrected chi connectivity index (χ2v) is 40.3. The third kappa shape index (κ3) is 21.8. The zero-order valence-electron chi connectivity index (χ0n) is 85.7. The number of aromatic carboxylic acids is 3. The average molecular weight is 2470 g/mol. The number of aromatic nitrogens is 6. The van der Waals surface area contributed by atoms with E-state index >= 15 is 0 Å². The van der Waals surface area contributed by atoms with Crippen molar-refractivity contribution in [2.24, 2.45) is 0 Å². The predicted molar refractivity (Wildman–Crippen MR) is 593 cm³/mol. The third-order valence-corrected chi connectivity index (χ3v) is 28.0. The molecule has 3 aliphatic carbocycles. The Morgan fingerprint density at radius 3 is 0.932 bits per heavy atom. The van der Waals surface area contributed by atoms with Crippen LogP contribution in [0.15, 0.2) is 346 Å². The number of aryl methyl sites for hydroxylation is 11. The number of hydrogen-bond donors (Lipinski definition) is 3.